The number of hydrogen-bond acceptors (Lipinski definition) is 5. The Labute approximate surface area is 189 Å². The van der Waals surface area contributed by atoms with Crippen LogP contribution < -0.4 is 15.2 Å². The summed E-state index contributed by atoms with van der Waals surface area (Å²) in [4.78, 5) is 12.6. The van der Waals surface area contributed by atoms with Crippen LogP contribution in [0, 0.1) is 6.92 Å². The molecule has 0 radical (unpaired) electrons. The highest BCUT2D eigenvalue weighted by Gasteiger charge is 2.50. The van der Waals surface area contributed by atoms with Crippen LogP contribution in [0.5, 0.6) is 11.5 Å². The summed E-state index contributed by atoms with van der Waals surface area (Å²) in [7, 11) is 2.96. The Hall–Kier alpha value is -2.81. The van der Waals surface area contributed by atoms with Crippen molar-refractivity contribution >= 4 is 17.7 Å². The van der Waals surface area contributed by atoms with E-state index in [2.05, 4.69) is 0 Å². The maximum Gasteiger partial charge on any atom is 0.432 e. The minimum absolute atomic E-state index is 0.284. The number of hydrogen-bond donors (Lipinski definition) is 1. The lowest BCUT2D eigenvalue weighted by atomic mass is 9.95. The summed E-state index contributed by atoms with van der Waals surface area (Å²) in [6.45, 7) is 3.58. The monoisotopic (exact) mass is 466 g/mol. The predicted molar refractivity (Wildman–Crippen MR) is 118 cm³/mol. The molecule has 2 aromatic rings. The van der Waals surface area contributed by atoms with Gasteiger partial charge in [0, 0.05) is 0 Å². The van der Waals surface area contributed by atoms with Crippen molar-refractivity contribution in [2.75, 3.05) is 14.2 Å². The number of nitrogens with two attached hydrogens (primary N) is 1. The summed E-state index contributed by atoms with van der Waals surface area (Å²) in [6, 6.07) is 11.9. The number of aryl methyl sites for hydroxylation is 1. The van der Waals surface area contributed by atoms with Crippen molar-refractivity contribution in [3.8, 4) is 11.5 Å². The van der Waals surface area contributed by atoms with E-state index in [1.165, 1.54) is 19.1 Å². The van der Waals surface area contributed by atoms with Crippen LogP contribution in [-0.2, 0) is 11.2 Å². The van der Waals surface area contributed by atoms with Gasteiger partial charge in [0.15, 0.2) is 11.5 Å². The summed E-state index contributed by atoms with van der Waals surface area (Å²) in [6.07, 6.45) is -4.46. The predicted octanol–water partition coefficient (Wildman–Crippen LogP) is 4.95. The van der Waals surface area contributed by atoms with Crippen molar-refractivity contribution in [1.82, 2.24) is 4.90 Å². The number of primary amides is 1. The summed E-state index contributed by atoms with van der Waals surface area (Å²) in [5.74, 6) is -0.206. The molecule has 0 aliphatic carbocycles. The second-order valence-electron chi connectivity index (χ2n) is 7.48. The lowest BCUT2D eigenvalue weighted by molar-refractivity contribution is -0.121. The van der Waals surface area contributed by atoms with Crippen molar-refractivity contribution in [3.05, 3.63) is 69.8 Å². The van der Waals surface area contributed by atoms with Crippen LogP contribution in [0.3, 0.4) is 0 Å². The molecule has 1 aliphatic rings. The zero-order valence-corrected chi connectivity index (χ0v) is 19.0. The molecule has 1 heterocycles. The Balaban J connectivity index is 2.17. The molecule has 2 N–H and O–H groups in total. The fourth-order valence-electron chi connectivity index (χ4n) is 3.83. The number of ether oxygens (including phenoxy) is 2. The summed E-state index contributed by atoms with van der Waals surface area (Å²) in [5.41, 5.74) is 6.83. The number of allylic oxidation sites excluding steroid dienone is 1. The molecule has 0 saturated carbocycles. The molecule has 2 atom stereocenters. The number of nitrogens with zero attached hydrogens (tertiary/aromatic N) is 1. The fourth-order valence-corrected chi connectivity index (χ4v) is 4.98. The fraction of sp³-hybridized carbons (Fsp3) is 0.348. The van der Waals surface area contributed by atoms with E-state index < -0.39 is 34.1 Å². The van der Waals surface area contributed by atoms with Gasteiger partial charge >= 0.3 is 6.18 Å². The number of carbonyl (C=O) groups excluding carboxylic acids is 1. The summed E-state index contributed by atoms with van der Waals surface area (Å²) in [5, 5.41) is -0.655. The Morgan fingerprint density at radius 2 is 1.75 bits per heavy atom. The third-order valence-electron chi connectivity index (χ3n) is 5.32. The highest BCUT2D eigenvalue weighted by Crippen LogP contribution is 2.50. The summed E-state index contributed by atoms with van der Waals surface area (Å²) < 4.78 is 53.1. The molecular formula is C23H25F3N2O3S. The van der Waals surface area contributed by atoms with Gasteiger partial charge in [0.1, 0.15) is 10.6 Å². The molecule has 0 fully saturated rings. The van der Waals surface area contributed by atoms with Gasteiger partial charge in [0.2, 0.25) is 0 Å². The SMILES string of the molecule is COc1ccc(C(Cc2ccc(C)cc2)N2C(C(F)(F)F)=C(C(N)=O)SC2C)cc1OC. The topological polar surface area (TPSA) is 64.8 Å². The van der Waals surface area contributed by atoms with Crippen molar-refractivity contribution < 1.29 is 27.4 Å². The molecule has 2 unspecified atom stereocenters. The first-order valence-electron chi connectivity index (χ1n) is 9.90. The zero-order chi connectivity index (χ0) is 23.6. The van der Waals surface area contributed by atoms with Crippen LogP contribution in [0.1, 0.15) is 29.7 Å². The lowest BCUT2D eigenvalue weighted by Crippen LogP contribution is -2.38. The Morgan fingerprint density at radius 3 is 2.28 bits per heavy atom. The molecule has 0 aromatic heterocycles. The van der Waals surface area contributed by atoms with Gasteiger partial charge in [-0.05, 0) is 43.5 Å². The van der Waals surface area contributed by atoms with Gasteiger partial charge in [-0.1, -0.05) is 47.7 Å². The van der Waals surface area contributed by atoms with Crippen molar-refractivity contribution in [1.29, 1.82) is 0 Å². The number of alkyl halides is 3. The molecule has 32 heavy (non-hydrogen) atoms. The molecule has 2 aromatic carbocycles. The Morgan fingerprint density at radius 1 is 1.12 bits per heavy atom. The third-order valence-corrected chi connectivity index (χ3v) is 6.52. The number of methoxy groups -OCH3 is 2. The molecule has 1 aliphatic heterocycles. The minimum Gasteiger partial charge on any atom is -0.493 e. The van der Waals surface area contributed by atoms with E-state index in [-0.39, 0.29) is 6.42 Å². The maximum atomic E-state index is 14.2. The first-order chi connectivity index (χ1) is 15.1. The van der Waals surface area contributed by atoms with Gasteiger partial charge in [-0.15, -0.1) is 0 Å². The second kappa shape index (κ2) is 9.36. The number of rotatable bonds is 7. The molecule has 0 spiro atoms. The molecule has 0 saturated heterocycles. The van der Waals surface area contributed by atoms with E-state index in [1.54, 1.807) is 25.1 Å². The van der Waals surface area contributed by atoms with Crippen LogP contribution in [0.25, 0.3) is 0 Å². The van der Waals surface area contributed by atoms with Crippen molar-refractivity contribution in [2.45, 2.75) is 37.9 Å². The van der Waals surface area contributed by atoms with Gasteiger partial charge < -0.3 is 20.1 Å². The smallest absolute Gasteiger partial charge is 0.432 e. The largest absolute Gasteiger partial charge is 0.493 e. The molecule has 3 rings (SSSR count). The Kier molecular flexibility index (Phi) is 6.97. The van der Waals surface area contributed by atoms with Crippen LogP contribution in [0.15, 0.2) is 53.1 Å². The van der Waals surface area contributed by atoms with E-state index in [1.807, 2.05) is 31.2 Å². The standard InChI is InChI=1S/C23H25F3N2O3S/c1-13-5-7-15(8-6-13)11-17(16-9-10-18(30-3)19(12-16)31-4)28-14(2)32-20(22(27)29)21(28)23(24,25)26/h5-10,12,14,17H,11H2,1-4H3,(H2,27,29). The first-order valence-corrected chi connectivity index (χ1v) is 10.8. The highest BCUT2D eigenvalue weighted by atomic mass is 32.2. The van der Waals surface area contributed by atoms with Gasteiger partial charge in [-0.2, -0.15) is 13.2 Å². The first kappa shape index (κ1) is 23.8. The lowest BCUT2D eigenvalue weighted by Gasteiger charge is -2.36. The second-order valence-corrected chi connectivity index (χ2v) is 8.81. The molecule has 172 valence electrons. The number of benzene rings is 2. The van der Waals surface area contributed by atoms with Gasteiger partial charge in [0.25, 0.3) is 5.91 Å². The van der Waals surface area contributed by atoms with Gasteiger partial charge in [0.05, 0.1) is 25.6 Å². The van der Waals surface area contributed by atoms with E-state index in [0.29, 0.717) is 17.1 Å². The van der Waals surface area contributed by atoms with Crippen LogP contribution in [-0.4, -0.2) is 36.6 Å². The van der Waals surface area contributed by atoms with E-state index in [9.17, 15) is 18.0 Å². The molecular weight excluding hydrogens is 441 g/mol. The number of amides is 1. The normalized spacial score (nSPS) is 17.5. The number of thioether (sulfide) groups is 1. The number of halogens is 3. The molecule has 9 heteroatoms. The Bertz CT molecular complexity index is 1020. The average molecular weight is 467 g/mol. The van der Waals surface area contributed by atoms with E-state index in [4.69, 9.17) is 15.2 Å². The quantitative estimate of drug-likeness (QED) is 0.626. The minimum atomic E-state index is -4.75. The zero-order valence-electron chi connectivity index (χ0n) is 18.2. The number of carbonyl (C=O) groups is 1. The van der Waals surface area contributed by atoms with Gasteiger partial charge in [-0.3, -0.25) is 4.79 Å². The molecule has 0 bridgehead atoms. The highest BCUT2D eigenvalue weighted by molar-refractivity contribution is 8.04. The van der Waals surface area contributed by atoms with Crippen LogP contribution in [0.2, 0.25) is 0 Å². The molecule has 1 amide bonds. The molecule has 5 nitrogen and oxygen atoms in total. The average Bonchev–Trinajstić information content (AvgIpc) is 3.10. The summed E-state index contributed by atoms with van der Waals surface area (Å²) >= 11 is 0.825. The third kappa shape index (κ3) is 4.82. The maximum absolute atomic E-state index is 14.2. The van der Waals surface area contributed by atoms with E-state index in [0.717, 1.165) is 22.9 Å². The van der Waals surface area contributed by atoms with Crippen molar-refractivity contribution in [2.24, 2.45) is 5.73 Å². The van der Waals surface area contributed by atoms with Crippen LogP contribution >= 0.6 is 11.8 Å². The van der Waals surface area contributed by atoms with Crippen LogP contribution in [0.4, 0.5) is 13.2 Å². The van der Waals surface area contributed by atoms with Gasteiger partial charge in [-0.25, -0.2) is 0 Å². The van der Waals surface area contributed by atoms with Crippen molar-refractivity contribution in [3.63, 3.8) is 0 Å². The van der Waals surface area contributed by atoms with E-state index >= 15 is 0 Å².